The van der Waals surface area contributed by atoms with Gasteiger partial charge in [0, 0.05) is 18.5 Å². The van der Waals surface area contributed by atoms with Crippen LogP contribution >= 0.6 is 11.3 Å². The van der Waals surface area contributed by atoms with Crippen LogP contribution in [0, 0.1) is 0 Å². The molecule has 0 radical (unpaired) electrons. The summed E-state index contributed by atoms with van der Waals surface area (Å²) < 4.78 is 0. The monoisotopic (exact) mass is 330 g/mol. The molecule has 122 valence electrons. The minimum absolute atomic E-state index is 0.124. The quantitative estimate of drug-likeness (QED) is 0.851. The van der Waals surface area contributed by atoms with Crippen molar-refractivity contribution in [3.8, 4) is 0 Å². The Morgan fingerprint density at radius 1 is 1.30 bits per heavy atom. The second-order valence-electron chi connectivity index (χ2n) is 5.71. The van der Waals surface area contributed by atoms with Crippen molar-refractivity contribution in [2.45, 2.75) is 25.4 Å². The van der Waals surface area contributed by atoms with E-state index >= 15 is 0 Å². The standard InChI is InChI=1S/C17H22N4OS/c18-10-16-20-14(12-23-16)17(22)19-11-15(21-8-4-5-9-21)13-6-2-1-3-7-13/h1-3,6-7,12,15H,4-5,8-11,18H2,(H,19,22). The molecule has 0 saturated carbocycles. The van der Waals surface area contributed by atoms with Crippen LogP contribution in [0.15, 0.2) is 35.7 Å². The number of benzene rings is 1. The highest BCUT2D eigenvalue weighted by Crippen LogP contribution is 2.24. The minimum Gasteiger partial charge on any atom is -0.349 e. The molecule has 6 heteroatoms. The number of nitrogens with one attached hydrogen (secondary N) is 1. The third kappa shape index (κ3) is 3.96. The Morgan fingerprint density at radius 3 is 2.70 bits per heavy atom. The largest absolute Gasteiger partial charge is 0.349 e. The van der Waals surface area contributed by atoms with Gasteiger partial charge in [0.25, 0.3) is 5.91 Å². The molecular weight excluding hydrogens is 308 g/mol. The maximum atomic E-state index is 12.3. The molecule has 0 bridgehead atoms. The molecule has 1 fully saturated rings. The topological polar surface area (TPSA) is 71.2 Å². The normalized spacial score (nSPS) is 16.4. The number of carbonyl (C=O) groups is 1. The summed E-state index contributed by atoms with van der Waals surface area (Å²) in [6.45, 7) is 3.14. The fraction of sp³-hybridized carbons (Fsp3) is 0.412. The Labute approximate surface area is 140 Å². The summed E-state index contributed by atoms with van der Waals surface area (Å²) >= 11 is 1.43. The zero-order valence-corrected chi connectivity index (χ0v) is 13.9. The number of likely N-dealkylation sites (tertiary alicyclic amines) is 1. The van der Waals surface area contributed by atoms with Gasteiger partial charge in [-0.1, -0.05) is 30.3 Å². The summed E-state index contributed by atoms with van der Waals surface area (Å²) in [5.41, 5.74) is 7.26. The molecule has 1 aromatic carbocycles. The molecule has 5 nitrogen and oxygen atoms in total. The maximum absolute atomic E-state index is 12.3. The summed E-state index contributed by atoms with van der Waals surface area (Å²) in [7, 11) is 0. The van der Waals surface area contributed by atoms with Gasteiger partial charge in [-0.15, -0.1) is 11.3 Å². The third-order valence-electron chi connectivity index (χ3n) is 4.18. The Balaban J connectivity index is 1.67. The van der Waals surface area contributed by atoms with Gasteiger partial charge in [-0.2, -0.15) is 0 Å². The van der Waals surface area contributed by atoms with Gasteiger partial charge in [-0.05, 0) is 31.5 Å². The SMILES string of the molecule is NCc1nc(C(=O)NCC(c2ccccc2)N2CCCC2)cs1. The van der Waals surface area contributed by atoms with E-state index in [9.17, 15) is 4.79 Å². The van der Waals surface area contributed by atoms with Gasteiger partial charge in [0.2, 0.25) is 0 Å². The first-order valence-electron chi connectivity index (χ1n) is 7.99. The first kappa shape index (κ1) is 16.1. The molecule has 1 saturated heterocycles. The Bertz CT molecular complexity index is 637. The van der Waals surface area contributed by atoms with Gasteiger partial charge in [-0.25, -0.2) is 4.98 Å². The first-order valence-corrected chi connectivity index (χ1v) is 8.87. The van der Waals surface area contributed by atoms with Gasteiger partial charge in [0.15, 0.2) is 0 Å². The molecule has 1 atom stereocenters. The van der Waals surface area contributed by atoms with E-state index < -0.39 is 0 Å². The average Bonchev–Trinajstić information content (AvgIpc) is 3.27. The van der Waals surface area contributed by atoms with Gasteiger partial charge in [0.05, 0.1) is 6.04 Å². The number of amides is 1. The highest BCUT2D eigenvalue weighted by atomic mass is 32.1. The maximum Gasteiger partial charge on any atom is 0.270 e. The van der Waals surface area contributed by atoms with Crippen LogP contribution in [0.1, 0.15) is 39.9 Å². The molecule has 0 aliphatic carbocycles. The lowest BCUT2D eigenvalue weighted by Gasteiger charge is -2.28. The lowest BCUT2D eigenvalue weighted by atomic mass is 10.1. The number of thiazole rings is 1. The van der Waals surface area contributed by atoms with E-state index in [1.54, 1.807) is 5.38 Å². The average molecular weight is 330 g/mol. The van der Waals surface area contributed by atoms with Gasteiger partial charge in [-0.3, -0.25) is 9.69 Å². The van der Waals surface area contributed by atoms with E-state index in [0.717, 1.165) is 18.1 Å². The van der Waals surface area contributed by atoms with E-state index in [0.29, 0.717) is 18.8 Å². The smallest absolute Gasteiger partial charge is 0.270 e. The lowest BCUT2D eigenvalue weighted by Crippen LogP contribution is -2.36. The highest BCUT2D eigenvalue weighted by molar-refractivity contribution is 7.09. The van der Waals surface area contributed by atoms with Crippen molar-refractivity contribution in [3.05, 3.63) is 52.0 Å². The van der Waals surface area contributed by atoms with Crippen LogP contribution in [0.4, 0.5) is 0 Å². The molecule has 2 heterocycles. The number of nitrogens with two attached hydrogens (primary N) is 1. The van der Waals surface area contributed by atoms with Crippen molar-refractivity contribution in [2.75, 3.05) is 19.6 Å². The predicted molar refractivity (Wildman–Crippen MR) is 92.3 cm³/mol. The molecule has 3 N–H and O–H groups in total. The zero-order valence-electron chi connectivity index (χ0n) is 13.1. The van der Waals surface area contributed by atoms with Crippen molar-refractivity contribution in [1.29, 1.82) is 0 Å². The Morgan fingerprint density at radius 2 is 2.04 bits per heavy atom. The van der Waals surface area contributed by atoms with Crippen molar-refractivity contribution >= 4 is 17.2 Å². The predicted octanol–water partition coefficient (Wildman–Crippen LogP) is 2.17. The van der Waals surface area contributed by atoms with Crippen LogP contribution < -0.4 is 11.1 Å². The van der Waals surface area contributed by atoms with Crippen LogP contribution in [0.2, 0.25) is 0 Å². The summed E-state index contributed by atoms with van der Waals surface area (Å²) in [6.07, 6.45) is 2.45. The molecule has 23 heavy (non-hydrogen) atoms. The summed E-state index contributed by atoms with van der Waals surface area (Å²) in [5.74, 6) is -0.124. The van der Waals surface area contributed by atoms with Crippen molar-refractivity contribution in [2.24, 2.45) is 5.73 Å². The van der Waals surface area contributed by atoms with Crippen molar-refractivity contribution in [1.82, 2.24) is 15.2 Å². The molecule has 1 unspecified atom stereocenters. The zero-order chi connectivity index (χ0) is 16.1. The van der Waals surface area contributed by atoms with E-state index in [2.05, 4.69) is 27.3 Å². The summed E-state index contributed by atoms with van der Waals surface area (Å²) in [5, 5.41) is 5.59. The van der Waals surface area contributed by atoms with Gasteiger partial charge in [0.1, 0.15) is 10.7 Å². The number of nitrogens with zero attached hydrogens (tertiary/aromatic N) is 2. The van der Waals surface area contributed by atoms with E-state index in [1.807, 2.05) is 18.2 Å². The molecule has 1 aromatic heterocycles. The van der Waals surface area contributed by atoms with Gasteiger partial charge < -0.3 is 11.1 Å². The van der Waals surface area contributed by atoms with Crippen LogP contribution in [0.5, 0.6) is 0 Å². The molecule has 1 aliphatic rings. The Hall–Kier alpha value is -1.76. The van der Waals surface area contributed by atoms with Crippen LogP contribution in [-0.2, 0) is 6.54 Å². The number of hydrogen-bond donors (Lipinski definition) is 2. The highest BCUT2D eigenvalue weighted by Gasteiger charge is 2.24. The fourth-order valence-electron chi connectivity index (χ4n) is 2.98. The van der Waals surface area contributed by atoms with Gasteiger partial charge >= 0.3 is 0 Å². The van der Waals surface area contributed by atoms with E-state index in [4.69, 9.17) is 5.73 Å². The molecule has 1 aliphatic heterocycles. The molecule has 2 aromatic rings. The Kier molecular flexibility index (Phi) is 5.38. The fourth-order valence-corrected chi connectivity index (χ4v) is 3.63. The number of rotatable bonds is 6. The first-order chi connectivity index (χ1) is 11.3. The van der Waals surface area contributed by atoms with E-state index in [1.165, 1.54) is 29.7 Å². The molecule has 3 rings (SSSR count). The van der Waals surface area contributed by atoms with Crippen molar-refractivity contribution in [3.63, 3.8) is 0 Å². The second-order valence-corrected chi connectivity index (χ2v) is 6.65. The number of carbonyl (C=O) groups excluding carboxylic acids is 1. The number of aromatic nitrogens is 1. The second kappa shape index (κ2) is 7.68. The van der Waals surface area contributed by atoms with Crippen LogP contribution in [0.25, 0.3) is 0 Å². The molecular formula is C17H22N4OS. The third-order valence-corrected chi connectivity index (χ3v) is 5.05. The lowest BCUT2D eigenvalue weighted by molar-refractivity contribution is 0.0933. The molecule has 1 amide bonds. The van der Waals surface area contributed by atoms with Crippen molar-refractivity contribution < 1.29 is 4.79 Å². The summed E-state index contributed by atoms with van der Waals surface area (Å²) in [6, 6.07) is 10.6. The summed E-state index contributed by atoms with van der Waals surface area (Å²) in [4.78, 5) is 19.0. The van der Waals surface area contributed by atoms with Crippen LogP contribution in [0.3, 0.4) is 0 Å². The number of hydrogen-bond acceptors (Lipinski definition) is 5. The van der Waals surface area contributed by atoms with E-state index in [-0.39, 0.29) is 11.9 Å². The minimum atomic E-state index is -0.124. The van der Waals surface area contributed by atoms with Crippen LogP contribution in [-0.4, -0.2) is 35.4 Å². The molecule has 0 spiro atoms.